The summed E-state index contributed by atoms with van der Waals surface area (Å²) in [7, 11) is 1.55. The van der Waals surface area contributed by atoms with Gasteiger partial charge >= 0.3 is 6.03 Å². The second-order valence-electron chi connectivity index (χ2n) is 6.90. The Balaban J connectivity index is 1.79. The molecule has 4 amide bonds. The highest BCUT2D eigenvalue weighted by Crippen LogP contribution is 2.41. The number of guanidine groups is 1. The molecule has 1 fully saturated rings. The molecule has 0 aromatic heterocycles. The largest absolute Gasteiger partial charge is 0.368 e. The monoisotopic (exact) mass is 402 g/mol. The highest BCUT2D eigenvalue weighted by molar-refractivity contribution is 6.34. The zero-order valence-corrected chi connectivity index (χ0v) is 16.3. The number of hydrogen-bond acceptors (Lipinski definition) is 6. The van der Waals surface area contributed by atoms with Crippen LogP contribution < -0.4 is 10.6 Å². The van der Waals surface area contributed by atoms with Gasteiger partial charge in [0.1, 0.15) is 6.54 Å². The lowest BCUT2D eigenvalue weighted by atomic mass is 10.1. The van der Waals surface area contributed by atoms with Gasteiger partial charge in [0.2, 0.25) is 11.9 Å². The van der Waals surface area contributed by atoms with Gasteiger partial charge in [0.05, 0.1) is 10.7 Å². The number of fused-ring (bicyclic) bond motifs is 3. The van der Waals surface area contributed by atoms with Gasteiger partial charge in [-0.2, -0.15) is 0 Å². The molecule has 2 atom stereocenters. The molecule has 28 heavy (non-hydrogen) atoms. The van der Waals surface area contributed by atoms with Crippen molar-refractivity contribution in [2.45, 2.75) is 26.1 Å². The number of benzene rings is 1. The molecule has 3 heterocycles. The van der Waals surface area contributed by atoms with E-state index in [0.717, 1.165) is 22.0 Å². The lowest BCUT2D eigenvalue weighted by Gasteiger charge is -2.40. The maximum atomic E-state index is 13.1. The predicted octanol–water partition coefficient (Wildman–Crippen LogP) is 1.16. The molecule has 3 aliphatic rings. The topological polar surface area (TPSA) is 103 Å². The zero-order valence-electron chi connectivity index (χ0n) is 15.6. The Labute approximate surface area is 166 Å². The zero-order chi connectivity index (χ0) is 20.3. The first-order valence-electron chi connectivity index (χ1n) is 8.69. The highest BCUT2D eigenvalue weighted by atomic mass is 35.5. The standard InChI is InChI=1S/C18H19ClN6O3/c1-9-10(2)25-14-15(22(3)18(28)23(16(14)27)8-13(20)26)21-17(25)24(9)12-7-5-4-6-11(12)19/h4-7,14-15H,8H2,1-3H3,(H2,20,26). The first kappa shape index (κ1) is 18.3. The van der Waals surface area contributed by atoms with Gasteiger partial charge in [-0.1, -0.05) is 23.7 Å². The molecule has 0 bridgehead atoms. The number of likely N-dealkylation sites (N-methyl/N-ethyl adjacent to an activating group) is 1. The first-order chi connectivity index (χ1) is 13.2. The number of aliphatic imine (C=N–C) groups is 1. The number of para-hydroxylation sites is 1. The summed E-state index contributed by atoms with van der Waals surface area (Å²) >= 11 is 6.39. The number of carbonyl (C=O) groups is 3. The molecule has 0 spiro atoms. The summed E-state index contributed by atoms with van der Waals surface area (Å²) < 4.78 is 0. The normalized spacial score (nSPS) is 24.1. The van der Waals surface area contributed by atoms with Crippen molar-refractivity contribution in [1.82, 2.24) is 14.7 Å². The van der Waals surface area contributed by atoms with Crippen LogP contribution in [-0.4, -0.2) is 64.3 Å². The van der Waals surface area contributed by atoms with E-state index < -0.39 is 36.6 Å². The number of allylic oxidation sites excluding steroid dienone is 2. The third kappa shape index (κ3) is 2.39. The van der Waals surface area contributed by atoms with Crippen LogP contribution in [0.15, 0.2) is 40.7 Å². The van der Waals surface area contributed by atoms with Gasteiger partial charge in [0.25, 0.3) is 5.91 Å². The summed E-state index contributed by atoms with van der Waals surface area (Å²) in [4.78, 5) is 47.6. The summed E-state index contributed by atoms with van der Waals surface area (Å²) in [6, 6.07) is 5.98. The van der Waals surface area contributed by atoms with Crippen molar-refractivity contribution in [1.29, 1.82) is 0 Å². The van der Waals surface area contributed by atoms with Gasteiger partial charge in [0, 0.05) is 18.4 Å². The van der Waals surface area contributed by atoms with Crippen LogP contribution in [-0.2, 0) is 9.59 Å². The van der Waals surface area contributed by atoms with E-state index >= 15 is 0 Å². The summed E-state index contributed by atoms with van der Waals surface area (Å²) in [5.41, 5.74) is 7.65. The summed E-state index contributed by atoms with van der Waals surface area (Å²) in [6.45, 7) is 3.33. The molecule has 2 N–H and O–H groups in total. The molecule has 9 nitrogen and oxygen atoms in total. The molecule has 0 saturated carbocycles. The van der Waals surface area contributed by atoms with Gasteiger partial charge in [0.15, 0.2) is 12.2 Å². The number of imide groups is 1. The minimum Gasteiger partial charge on any atom is -0.368 e. The molecule has 10 heteroatoms. The van der Waals surface area contributed by atoms with Crippen LogP contribution in [0.3, 0.4) is 0 Å². The Kier molecular flexibility index (Phi) is 4.07. The van der Waals surface area contributed by atoms with Gasteiger partial charge in [-0.05, 0) is 26.0 Å². The van der Waals surface area contributed by atoms with E-state index in [1.165, 1.54) is 4.90 Å². The van der Waals surface area contributed by atoms with Crippen LogP contribution in [0.25, 0.3) is 0 Å². The van der Waals surface area contributed by atoms with Crippen molar-refractivity contribution in [2.75, 3.05) is 18.5 Å². The van der Waals surface area contributed by atoms with Crippen molar-refractivity contribution in [2.24, 2.45) is 10.7 Å². The summed E-state index contributed by atoms with van der Waals surface area (Å²) in [5, 5.41) is 0.542. The highest BCUT2D eigenvalue weighted by Gasteiger charge is 2.56. The van der Waals surface area contributed by atoms with E-state index in [0.29, 0.717) is 11.0 Å². The number of halogens is 1. The molecule has 2 unspecified atom stereocenters. The minimum absolute atomic E-state index is 0.468. The van der Waals surface area contributed by atoms with Crippen LogP contribution in [0, 0.1) is 0 Å². The minimum atomic E-state index is -0.764. The smallest absolute Gasteiger partial charge is 0.328 e. The van der Waals surface area contributed by atoms with E-state index in [-0.39, 0.29) is 0 Å². The van der Waals surface area contributed by atoms with Crippen molar-refractivity contribution in [3.05, 3.63) is 40.7 Å². The molecule has 4 rings (SSSR count). The Morgan fingerprint density at radius 1 is 1.21 bits per heavy atom. The third-order valence-corrected chi connectivity index (χ3v) is 5.62. The molecule has 0 radical (unpaired) electrons. The second-order valence-corrected chi connectivity index (χ2v) is 7.31. The molecule has 1 saturated heterocycles. The van der Waals surface area contributed by atoms with E-state index in [1.54, 1.807) is 18.0 Å². The SMILES string of the molecule is CC1=C(C)N2C(=NC3C2C(=O)N(CC(N)=O)C(=O)N3C)N1c1ccccc1Cl. The number of nitrogens with zero attached hydrogens (tertiary/aromatic N) is 5. The molecule has 3 aliphatic heterocycles. The fourth-order valence-corrected chi connectivity index (χ4v) is 4.06. The quantitative estimate of drug-likeness (QED) is 0.817. The first-order valence-corrected chi connectivity index (χ1v) is 9.07. The predicted molar refractivity (Wildman–Crippen MR) is 103 cm³/mol. The Hall–Kier alpha value is -3.07. The second kappa shape index (κ2) is 6.23. The maximum absolute atomic E-state index is 13.1. The van der Waals surface area contributed by atoms with Gasteiger partial charge in [-0.3, -0.25) is 24.3 Å². The summed E-state index contributed by atoms with van der Waals surface area (Å²) in [6.07, 6.45) is -0.702. The van der Waals surface area contributed by atoms with Crippen molar-refractivity contribution in [3.8, 4) is 0 Å². The third-order valence-electron chi connectivity index (χ3n) is 5.30. The van der Waals surface area contributed by atoms with Crippen molar-refractivity contribution < 1.29 is 14.4 Å². The Morgan fingerprint density at radius 3 is 2.54 bits per heavy atom. The summed E-state index contributed by atoms with van der Waals surface area (Å²) in [5.74, 6) is -0.735. The van der Waals surface area contributed by atoms with Crippen LogP contribution in [0.5, 0.6) is 0 Å². The van der Waals surface area contributed by atoms with Crippen molar-refractivity contribution >= 4 is 41.1 Å². The van der Waals surface area contributed by atoms with Crippen LogP contribution >= 0.6 is 11.6 Å². The molecule has 0 aliphatic carbocycles. The van der Waals surface area contributed by atoms with E-state index in [9.17, 15) is 14.4 Å². The average Bonchev–Trinajstić information content (AvgIpc) is 3.14. The van der Waals surface area contributed by atoms with Crippen LogP contribution in [0.2, 0.25) is 5.02 Å². The van der Waals surface area contributed by atoms with Crippen LogP contribution in [0.1, 0.15) is 13.8 Å². The lowest BCUT2D eigenvalue weighted by molar-refractivity contribution is -0.139. The van der Waals surface area contributed by atoms with Gasteiger partial charge < -0.3 is 10.6 Å². The van der Waals surface area contributed by atoms with Crippen molar-refractivity contribution in [3.63, 3.8) is 0 Å². The molecule has 1 aromatic rings. The van der Waals surface area contributed by atoms with E-state index in [2.05, 4.69) is 4.99 Å². The number of nitrogens with two attached hydrogens (primary N) is 1. The number of anilines is 1. The molecule has 1 aromatic carbocycles. The Morgan fingerprint density at radius 2 is 1.89 bits per heavy atom. The fraction of sp³-hybridized carbons (Fsp3) is 0.333. The average molecular weight is 403 g/mol. The number of urea groups is 1. The fourth-order valence-electron chi connectivity index (χ4n) is 3.84. The number of hydrogen-bond donors (Lipinski definition) is 1. The number of rotatable bonds is 3. The lowest BCUT2D eigenvalue weighted by Crippen LogP contribution is -2.65. The van der Waals surface area contributed by atoms with Crippen LogP contribution in [0.4, 0.5) is 10.5 Å². The van der Waals surface area contributed by atoms with E-state index in [1.807, 2.05) is 36.9 Å². The maximum Gasteiger partial charge on any atom is 0.328 e. The van der Waals surface area contributed by atoms with Gasteiger partial charge in [-0.15, -0.1) is 0 Å². The van der Waals surface area contributed by atoms with E-state index in [4.69, 9.17) is 17.3 Å². The number of carbonyl (C=O) groups excluding carboxylic acids is 3. The van der Waals surface area contributed by atoms with Gasteiger partial charge in [-0.25, -0.2) is 9.79 Å². The molecule has 146 valence electrons. The molecular formula is C18H19ClN6O3. The molecular weight excluding hydrogens is 384 g/mol. The number of amides is 4. The number of primary amides is 1. The Bertz CT molecular complexity index is 974.